The van der Waals surface area contributed by atoms with Gasteiger partial charge in [-0.3, -0.25) is 4.79 Å². The molecule has 1 fully saturated rings. The van der Waals surface area contributed by atoms with E-state index in [9.17, 15) is 4.79 Å². The highest BCUT2D eigenvalue weighted by molar-refractivity contribution is 5.82. The van der Waals surface area contributed by atoms with Gasteiger partial charge in [-0.15, -0.1) is 0 Å². The quantitative estimate of drug-likeness (QED) is 0.717. The molecule has 0 aromatic heterocycles. The lowest BCUT2D eigenvalue weighted by Gasteiger charge is -2.20. The third-order valence-corrected chi connectivity index (χ3v) is 3.26. The third kappa shape index (κ3) is 2.98. The van der Waals surface area contributed by atoms with E-state index in [1.165, 1.54) is 12.8 Å². The second-order valence-electron chi connectivity index (χ2n) is 4.40. The maximum atomic E-state index is 11.7. The van der Waals surface area contributed by atoms with Crippen molar-refractivity contribution in [1.82, 2.24) is 5.32 Å². The van der Waals surface area contributed by atoms with Crippen molar-refractivity contribution in [3.8, 4) is 0 Å². The van der Waals surface area contributed by atoms with Crippen LogP contribution in [0.5, 0.6) is 0 Å². The molecule has 0 bridgehead atoms. The third-order valence-electron chi connectivity index (χ3n) is 3.26. The highest BCUT2D eigenvalue weighted by Gasteiger charge is 2.23. The smallest absolute Gasteiger partial charge is 0.237 e. The van der Waals surface area contributed by atoms with Crippen LogP contribution in [0.2, 0.25) is 0 Å². The van der Waals surface area contributed by atoms with Gasteiger partial charge in [0.1, 0.15) is 0 Å². The summed E-state index contributed by atoms with van der Waals surface area (Å²) in [4.78, 5) is 11.7. The van der Waals surface area contributed by atoms with E-state index in [4.69, 9.17) is 5.73 Å². The topological polar surface area (TPSA) is 55.1 Å². The Morgan fingerprint density at radius 2 is 2.07 bits per heavy atom. The first-order chi connectivity index (χ1) is 6.65. The molecule has 0 aromatic carbocycles. The van der Waals surface area contributed by atoms with Crippen LogP contribution >= 0.6 is 0 Å². The molecule has 3 nitrogen and oxygen atoms in total. The Morgan fingerprint density at radius 3 is 2.57 bits per heavy atom. The molecule has 0 heterocycles. The Kier molecular flexibility index (Phi) is 4.39. The average molecular weight is 198 g/mol. The molecule has 0 aliphatic heterocycles. The van der Waals surface area contributed by atoms with Gasteiger partial charge in [-0.05, 0) is 18.8 Å². The Morgan fingerprint density at radius 1 is 1.50 bits per heavy atom. The lowest BCUT2D eigenvalue weighted by molar-refractivity contribution is -0.124. The minimum Gasteiger partial charge on any atom is -0.352 e. The van der Waals surface area contributed by atoms with Crippen molar-refractivity contribution in [2.75, 3.05) is 0 Å². The predicted octanol–water partition coefficient (Wildman–Crippen LogP) is 1.42. The minimum atomic E-state index is -0.333. The number of nitrogens with two attached hydrogens (primary N) is 1. The van der Waals surface area contributed by atoms with E-state index in [0.717, 1.165) is 19.3 Å². The van der Waals surface area contributed by atoms with Gasteiger partial charge < -0.3 is 11.1 Å². The molecular formula is C11H22N2O. The van der Waals surface area contributed by atoms with E-state index in [2.05, 4.69) is 12.2 Å². The van der Waals surface area contributed by atoms with Crippen LogP contribution < -0.4 is 11.1 Å². The Labute approximate surface area is 86.4 Å². The van der Waals surface area contributed by atoms with Crippen LogP contribution in [0.3, 0.4) is 0 Å². The van der Waals surface area contributed by atoms with Gasteiger partial charge in [0.2, 0.25) is 5.91 Å². The van der Waals surface area contributed by atoms with Crippen molar-refractivity contribution in [1.29, 1.82) is 0 Å². The van der Waals surface area contributed by atoms with Gasteiger partial charge in [-0.1, -0.05) is 33.1 Å². The summed E-state index contributed by atoms with van der Waals surface area (Å²) in [6.45, 7) is 4.09. The van der Waals surface area contributed by atoms with E-state index < -0.39 is 0 Å². The summed E-state index contributed by atoms with van der Waals surface area (Å²) in [5.74, 6) is 0.308. The summed E-state index contributed by atoms with van der Waals surface area (Å²) in [6.07, 6.45) is 5.68. The molecule has 3 heteroatoms. The van der Waals surface area contributed by atoms with Crippen molar-refractivity contribution >= 4 is 5.91 Å². The van der Waals surface area contributed by atoms with Crippen molar-refractivity contribution in [2.24, 2.45) is 11.7 Å². The molecule has 0 radical (unpaired) electrons. The Bertz CT molecular complexity index is 188. The number of hydrogen-bond donors (Lipinski definition) is 2. The predicted molar refractivity (Wildman–Crippen MR) is 57.8 cm³/mol. The normalized spacial score (nSPS) is 21.9. The molecule has 0 saturated heterocycles. The monoisotopic (exact) mass is 198 g/mol. The van der Waals surface area contributed by atoms with E-state index in [1.807, 2.05) is 6.92 Å². The summed E-state index contributed by atoms with van der Waals surface area (Å²) in [5.41, 5.74) is 5.84. The van der Waals surface area contributed by atoms with Gasteiger partial charge in [0.15, 0.2) is 0 Å². The molecule has 82 valence electrons. The highest BCUT2D eigenvalue weighted by Crippen LogP contribution is 2.18. The van der Waals surface area contributed by atoms with Crippen LogP contribution in [-0.4, -0.2) is 18.0 Å². The van der Waals surface area contributed by atoms with Crippen LogP contribution in [0, 0.1) is 5.92 Å². The van der Waals surface area contributed by atoms with Crippen LogP contribution in [0.15, 0.2) is 0 Å². The maximum Gasteiger partial charge on any atom is 0.237 e. The molecule has 1 unspecified atom stereocenters. The zero-order valence-corrected chi connectivity index (χ0v) is 9.25. The summed E-state index contributed by atoms with van der Waals surface area (Å²) in [6, 6.07) is 0.0539. The maximum absolute atomic E-state index is 11.7. The first kappa shape index (κ1) is 11.5. The van der Waals surface area contributed by atoms with Crippen molar-refractivity contribution in [3.63, 3.8) is 0 Å². The Hall–Kier alpha value is -0.570. The fourth-order valence-corrected chi connectivity index (χ4v) is 1.88. The first-order valence-electron chi connectivity index (χ1n) is 5.71. The average Bonchev–Trinajstić information content (AvgIpc) is 2.68. The summed E-state index contributed by atoms with van der Waals surface area (Å²) in [5, 5.41) is 3.03. The summed E-state index contributed by atoms with van der Waals surface area (Å²) < 4.78 is 0. The highest BCUT2D eigenvalue weighted by atomic mass is 16.2. The molecule has 14 heavy (non-hydrogen) atoms. The second kappa shape index (κ2) is 5.35. The second-order valence-corrected chi connectivity index (χ2v) is 4.40. The van der Waals surface area contributed by atoms with Gasteiger partial charge in [0, 0.05) is 6.04 Å². The van der Waals surface area contributed by atoms with Crippen LogP contribution in [0.1, 0.15) is 46.0 Å². The largest absolute Gasteiger partial charge is 0.352 e. The molecule has 1 amide bonds. The van der Waals surface area contributed by atoms with Gasteiger partial charge in [-0.2, -0.15) is 0 Å². The molecule has 1 rings (SSSR count). The molecule has 0 aromatic rings. The first-order valence-corrected chi connectivity index (χ1v) is 5.71. The number of nitrogens with one attached hydrogen (secondary N) is 1. The van der Waals surface area contributed by atoms with Gasteiger partial charge in [0.05, 0.1) is 6.04 Å². The summed E-state index contributed by atoms with van der Waals surface area (Å²) in [7, 11) is 0. The van der Waals surface area contributed by atoms with E-state index in [0.29, 0.717) is 6.04 Å². The fraction of sp³-hybridized carbons (Fsp3) is 0.909. The standard InChI is InChI=1S/C11H22N2O/c1-3-8(2)10(12)11(14)13-9-6-4-5-7-9/h8-10H,3-7,12H2,1-2H3,(H,13,14)/t8?,10-/m0/s1. The van der Waals surface area contributed by atoms with E-state index >= 15 is 0 Å². The van der Waals surface area contributed by atoms with Crippen LogP contribution in [-0.2, 0) is 4.79 Å². The van der Waals surface area contributed by atoms with E-state index in [1.54, 1.807) is 0 Å². The number of rotatable bonds is 4. The Balaban J connectivity index is 2.32. The SMILES string of the molecule is CCC(C)[C@H](N)C(=O)NC1CCCC1. The zero-order valence-electron chi connectivity index (χ0n) is 9.25. The van der Waals surface area contributed by atoms with Gasteiger partial charge in [0.25, 0.3) is 0 Å². The number of hydrogen-bond acceptors (Lipinski definition) is 2. The molecule has 1 aliphatic carbocycles. The number of carbonyl (C=O) groups is 1. The molecule has 1 saturated carbocycles. The molecule has 1 aliphatic rings. The molecule has 2 atom stereocenters. The van der Waals surface area contributed by atoms with Gasteiger partial charge in [-0.25, -0.2) is 0 Å². The van der Waals surface area contributed by atoms with Crippen molar-refractivity contribution < 1.29 is 4.79 Å². The lowest BCUT2D eigenvalue weighted by atomic mass is 9.99. The fourth-order valence-electron chi connectivity index (χ4n) is 1.88. The van der Waals surface area contributed by atoms with E-state index in [-0.39, 0.29) is 17.9 Å². The van der Waals surface area contributed by atoms with Crippen LogP contribution in [0.4, 0.5) is 0 Å². The zero-order chi connectivity index (χ0) is 10.6. The van der Waals surface area contributed by atoms with Crippen molar-refractivity contribution in [3.05, 3.63) is 0 Å². The lowest BCUT2D eigenvalue weighted by Crippen LogP contribution is -2.47. The number of amides is 1. The summed E-state index contributed by atoms with van der Waals surface area (Å²) >= 11 is 0. The van der Waals surface area contributed by atoms with Gasteiger partial charge >= 0.3 is 0 Å². The van der Waals surface area contributed by atoms with Crippen molar-refractivity contribution in [2.45, 2.75) is 58.0 Å². The minimum absolute atomic E-state index is 0.0336. The molecule has 0 spiro atoms. The molecule has 3 N–H and O–H groups in total. The van der Waals surface area contributed by atoms with Crippen LogP contribution in [0.25, 0.3) is 0 Å². The molecular weight excluding hydrogens is 176 g/mol. The number of carbonyl (C=O) groups excluding carboxylic acids is 1.